The van der Waals surface area contributed by atoms with Gasteiger partial charge in [-0.1, -0.05) is 0 Å². The lowest BCUT2D eigenvalue weighted by atomic mass is 10.2. The molecule has 1 heterocycles. The van der Waals surface area contributed by atoms with E-state index >= 15 is 0 Å². The van der Waals surface area contributed by atoms with Gasteiger partial charge in [0.2, 0.25) is 0 Å². The van der Waals surface area contributed by atoms with E-state index in [0.717, 1.165) is 6.07 Å². The van der Waals surface area contributed by atoms with E-state index in [1.165, 1.54) is 6.92 Å². The van der Waals surface area contributed by atoms with E-state index in [4.69, 9.17) is 9.52 Å². The van der Waals surface area contributed by atoms with Crippen LogP contribution in [0.3, 0.4) is 0 Å². The molecule has 0 bridgehead atoms. The second kappa shape index (κ2) is 5.29. The van der Waals surface area contributed by atoms with Crippen LogP contribution in [-0.2, 0) is 11.3 Å². The van der Waals surface area contributed by atoms with Crippen LogP contribution in [0.4, 0.5) is 17.6 Å². The van der Waals surface area contributed by atoms with E-state index in [2.05, 4.69) is 0 Å². The highest BCUT2D eigenvalue weighted by Crippen LogP contribution is 2.23. The highest BCUT2D eigenvalue weighted by molar-refractivity contribution is 5.89. The van der Waals surface area contributed by atoms with Crippen LogP contribution in [-0.4, -0.2) is 29.3 Å². The third kappa shape index (κ3) is 3.24. The summed E-state index contributed by atoms with van der Waals surface area (Å²) in [5.74, 6) is -8.38. The first-order valence-corrected chi connectivity index (χ1v) is 4.93. The summed E-state index contributed by atoms with van der Waals surface area (Å²) in [6, 6.07) is 1.01. The molecule has 0 fully saturated rings. The standard InChI is InChI=1S/C10H9F4NO4/c1-4-6(7(16)17)2-5(19-4)3-15-9(18)10(13,14)8(11)12/h2,8H,3H2,1H3,(H,15,18)(H,16,17). The van der Waals surface area contributed by atoms with Gasteiger partial charge in [0.05, 0.1) is 6.54 Å². The monoisotopic (exact) mass is 283 g/mol. The SMILES string of the molecule is Cc1oc(CNC(=O)C(F)(F)C(F)F)cc1C(=O)O. The van der Waals surface area contributed by atoms with Gasteiger partial charge in [0, 0.05) is 0 Å². The summed E-state index contributed by atoms with van der Waals surface area (Å²) in [5.41, 5.74) is -0.204. The van der Waals surface area contributed by atoms with E-state index in [1.807, 2.05) is 0 Å². The fourth-order valence-electron chi connectivity index (χ4n) is 1.23. The molecule has 5 nitrogen and oxygen atoms in total. The molecule has 106 valence electrons. The van der Waals surface area contributed by atoms with Gasteiger partial charge < -0.3 is 14.8 Å². The molecule has 0 unspecified atom stereocenters. The normalized spacial score (nSPS) is 11.7. The Hall–Kier alpha value is -2.06. The first-order chi connectivity index (χ1) is 8.66. The van der Waals surface area contributed by atoms with Crippen LogP contribution in [0.25, 0.3) is 0 Å². The molecule has 0 saturated carbocycles. The lowest BCUT2D eigenvalue weighted by Gasteiger charge is -2.13. The second-order valence-corrected chi connectivity index (χ2v) is 3.59. The Morgan fingerprint density at radius 2 is 2.05 bits per heavy atom. The number of nitrogens with one attached hydrogen (secondary N) is 1. The minimum Gasteiger partial charge on any atom is -0.478 e. The van der Waals surface area contributed by atoms with Crippen LogP contribution >= 0.6 is 0 Å². The predicted molar refractivity (Wildman–Crippen MR) is 53.2 cm³/mol. The highest BCUT2D eigenvalue weighted by Gasteiger charge is 2.48. The fraction of sp³-hybridized carbons (Fsp3) is 0.400. The van der Waals surface area contributed by atoms with Gasteiger partial charge in [-0.25, -0.2) is 13.6 Å². The predicted octanol–water partition coefficient (Wildman–Crippen LogP) is 1.80. The molecule has 1 aromatic heterocycles. The maximum absolute atomic E-state index is 12.6. The summed E-state index contributed by atoms with van der Waals surface area (Å²) in [6.07, 6.45) is -4.12. The van der Waals surface area contributed by atoms with Crippen LogP contribution in [0.5, 0.6) is 0 Å². The summed E-state index contributed by atoms with van der Waals surface area (Å²) < 4.78 is 53.7. The Labute approximate surface area is 104 Å². The topological polar surface area (TPSA) is 79.5 Å². The van der Waals surface area contributed by atoms with Gasteiger partial charge in [-0.2, -0.15) is 8.78 Å². The quantitative estimate of drug-likeness (QED) is 0.808. The van der Waals surface area contributed by atoms with Crippen molar-refractivity contribution in [3.63, 3.8) is 0 Å². The van der Waals surface area contributed by atoms with Crippen LogP contribution < -0.4 is 5.32 Å². The highest BCUT2D eigenvalue weighted by atomic mass is 19.3. The zero-order valence-corrected chi connectivity index (χ0v) is 9.55. The average Bonchev–Trinajstić information content (AvgIpc) is 2.67. The molecule has 0 spiro atoms. The first kappa shape index (κ1) is 15.0. The fourth-order valence-corrected chi connectivity index (χ4v) is 1.23. The number of alkyl halides is 4. The second-order valence-electron chi connectivity index (χ2n) is 3.59. The molecule has 19 heavy (non-hydrogen) atoms. The maximum atomic E-state index is 12.6. The van der Waals surface area contributed by atoms with Gasteiger partial charge in [0.25, 0.3) is 5.91 Å². The summed E-state index contributed by atoms with van der Waals surface area (Å²) in [5, 5.41) is 10.2. The Morgan fingerprint density at radius 1 is 1.47 bits per heavy atom. The van der Waals surface area contributed by atoms with Gasteiger partial charge in [-0.3, -0.25) is 4.79 Å². The molecule has 0 aliphatic heterocycles. The molecular weight excluding hydrogens is 274 g/mol. The molecule has 0 aliphatic rings. The van der Waals surface area contributed by atoms with Crippen molar-refractivity contribution in [1.29, 1.82) is 0 Å². The van der Waals surface area contributed by atoms with Crippen LogP contribution in [0.1, 0.15) is 21.9 Å². The number of carboxylic acids is 1. The average molecular weight is 283 g/mol. The third-order valence-electron chi connectivity index (χ3n) is 2.20. The number of carboxylic acid groups (broad SMARTS) is 1. The van der Waals surface area contributed by atoms with Crippen molar-refractivity contribution >= 4 is 11.9 Å². The van der Waals surface area contributed by atoms with Crippen molar-refractivity contribution < 1.29 is 36.7 Å². The summed E-state index contributed by atoms with van der Waals surface area (Å²) in [6.45, 7) is 0.706. The van der Waals surface area contributed by atoms with E-state index in [1.54, 1.807) is 5.32 Å². The molecule has 1 amide bonds. The number of aryl methyl sites for hydroxylation is 1. The van der Waals surface area contributed by atoms with E-state index in [-0.39, 0.29) is 17.1 Å². The number of aromatic carboxylic acids is 1. The molecule has 0 radical (unpaired) electrons. The van der Waals surface area contributed by atoms with Crippen molar-refractivity contribution in [2.75, 3.05) is 0 Å². The van der Waals surface area contributed by atoms with Crippen molar-refractivity contribution in [3.8, 4) is 0 Å². The number of hydrogen-bond acceptors (Lipinski definition) is 3. The molecule has 1 rings (SSSR count). The molecule has 2 N–H and O–H groups in total. The minimum absolute atomic E-state index is 0.0115. The lowest BCUT2D eigenvalue weighted by molar-refractivity contribution is -0.169. The number of amides is 1. The molecular formula is C10H9F4NO4. The van der Waals surface area contributed by atoms with Crippen LogP contribution in [0.15, 0.2) is 10.5 Å². The van der Waals surface area contributed by atoms with E-state index in [9.17, 15) is 27.2 Å². The number of halogens is 4. The number of rotatable bonds is 5. The molecule has 1 aromatic rings. The molecule has 0 aromatic carbocycles. The number of furan rings is 1. The van der Waals surface area contributed by atoms with E-state index < -0.39 is 30.8 Å². The number of carbonyl (C=O) groups is 2. The summed E-state index contributed by atoms with van der Waals surface area (Å²) in [7, 11) is 0. The van der Waals surface area contributed by atoms with Crippen molar-refractivity contribution in [1.82, 2.24) is 5.32 Å². The van der Waals surface area contributed by atoms with Crippen LogP contribution in [0, 0.1) is 6.92 Å². The summed E-state index contributed by atoms with van der Waals surface area (Å²) >= 11 is 0. The molecule has 0 atom stereocenters. The lowest BCUT2D eigenvalue weighted by Crippen LogP contribution is -2.44. The number of carbonyl (C=O) groups excluding carboxylic acids is 1. The molecule has 9 heteroatoms. The van der Waals surface area contributed by atoms with Gasteiger partial charge in [0.15, 0.2) is 0 Å². The maximum Gasteiger partial charge on any atom is 0.383 e. The third-order valence-corrected chi connectivity index (χ3v) is 2.20. The summed E-state index contributed by atoms with van der Waals surface area (Å²) in [4.78, 5) is 21.5. The Balaban J connectivity index is 2.70. The molecule has 0 aliphatic carbocycles. The van der Waals surface area contributed by atoms with E-state index in [0.29, 0.717) is 0 Å². The Bertz CT molecular complexity index is 498. The van der Waals surface area contributed by atoms with Gasteiger partial charge in [-0.05, 0) is 13.0 Å². The van der Waals surface area contributed by atoms with Crippen molar-refractivity contribution in [2.45, 2.75) is 25.8 Å². The van der Waals surface area contributed by atoms with Gasteiger partial charge >= 0.3 is 18.3 Å². The first-order valence-electron chi connectivity index (χ1n) is 4.93. The Kier molecular flexibility index (Phi) is 4.17. The Morgan fingerprint density at radius 3 is 2.47 bits per heavy atom. The van der Waals surface area contributed by atoms with Crippen LogP contribution in [0.2, 0.25) is 0 Å². The zero-order chi connectivity index (χ0) is 14.8. The van der Waals surface area contributed by atoms with Gasteiger partial charge in [-0.15, -0.1) is 0 Å². The molecule has 0 saturated heterocycles. The number of hydrogen-bond donors (Lipinski definition) is 2. The largest absolute Gasteiger partial charge is 0.478 e. The smallest absolute Gasteiger partial charge is 0.383 e. The van der Waals surface area contributed by atoms with Crippen molar-refractivity contribution in [3.05, 3.63) is 23.2 Å². The zero-order valence-electron chi connectivity index (χ0n) is 9.55. The minimum atomic E-state index is -4.81. The van der Waals surface area contributed by atoms with Gasteiger partial charge in [0.1, 0.15) is 17.1 Å². The van der Waals surface area contributed by atoms with Crippen molar-refractivity contribution in [2.24, 2.45) is 0 Å².